The Morgan fingerprint density at radius 3 is 2.15 bits per heavy atom. The van der Waals surface area contributed by atoms with Gasteiger partial charge in [0, 0.05) is 12.0 Å². The molecule has 0 radical (unpaired) electrons. The van der Waals surface area contributed by atoms with Gasteiger partial charge < -0.3 is 0 Å². The topological polar surface area (TPSA) is 49.4 Å². The first kappa shape index (κ1) is 23.1. The van der Waals surface area contributed by atoms with Gasteiger partial charge in [0.2, 0.25) is 5.91 Å². The molecule has 0 aliphatic rings. The van der Waals surface area contributed by atoms with Crippen molar-refractivity contribution in [2.75, 3.05) is 0 Å². The predicted molar refractivity (Wildman–Crippen MR) is 108 cm³/mol. The van der Waals surface area contributed by atoms with Gasteiger partial charge in [-0.1, -0.05) is 57.9 Å². The first-order valence-corrected chi connectivity index (χ1v) is 10.2. The van der Waals surface area contributed by atoms with Gasteiger partial charge in [0.15, 0.2) is 0 Å². The summed E-state index contributed by atoms with van der Waals surface area (Å²) in [6.07, 6.45) is 9.69. The number of rotatable bonds is 10. The third-order valence-electron chi connectivity index (χ3n) is 4.46. The quantitative estimate of drug-likeness (QED) is 0.424. The highest BCUT2D eigenvalue weighted by Gasteiger charge is 2.28. The fourth-order valence-corrected chi connectivity index (χ4v) is 2.92. The summed E-state index contributed by atoms with van der Waals surface area (Å²) in [6, 6.07) is 5.46. The second kappa shape index (κ2) is 11.7. The zero-order valence-corrected chi connectivity index (χ0v) is 17.3. The Kier molecular flexibility index (Phi) is 10.0. The van der Waals surface area contributed by atoms with Crippen LogP contribution in [-0.2, 0) is 4.79 Å². The van der Waals surface area contributed by atoms with E-state index in [9.17, 15) is 14.0 Å². The standard InChI is InChI=1S/C22H35FN2O2/c1-5-6-7-8-9-10-11-12-16-20(26)25(22(2,3)4)24-21(27)18-14-13-15-19(23)17-18/h13-15,17H,5-12,16H2,1-4H3,(H,24,27). The molecule has 0 bridgehead atoms. The van der Waals surface area contributed by atoms with Gasteiger partial charge in [0.25, 0.3) is 5.91 Å². The van der Waals surface area contributed by atoms with E-state index < -0.39 is 17.3 Å². The molecule has 0 aromatic heterocycles. The van der Waals surface area contributed by atoms with Crippen molar-refractivity contribution >= 4 is 11.8 Å². The summed E-state index contributed by atoms with van der Waals surface area (Å²) in [7, 11) is 0. The summed E-state index contributed by atoms with van der Waals surface area (Å²) in [4.78, 5) is 25.0. The third kappa shape index (κ3) is 9.03. The van der Waals surface area contributed by atoms with E-state index in [0.29, 0.717) is 6.42 Å². The summed E-state index contributed by atoms with van der Waals surface area (Å²) in [5, 5.41) is 1.38. The molecule has 0 atom stereocenters. The summed E-state index contributed by atoms with van der Waals surface area (Å²) >= 11 is 0. The Labute approximate surface area is 163 Å². The molecule has 0 saturated heterocycles. The molecule has 0 fully saturated rings. The minimum Gasteiger partial charge on any atom is -0.273 e. The average Bonchev–Trinajstić information content (AvgIpc) is 2.60. The number of nitrogens with zero attached hydrogens (tertiary/aromatic N) is 1. The average molecular weight is 379 g/mol. The van der Waals surface area contributed by atoms with Crippen LogP contribution in [0.2, 0.25) is 0 Å². The van der Waals surface area contributed by atoms with Crippen LogP contribution >= 0.6 is 0 Å². The van der Waals surface area contributed by atoms with E-state index in [1.54, 1.807) is 0 Å². The van der Waals surface area contributed by atoms with Crippen LogP contribution in [0.4, 0.5) is 4.39 Å². The van der Waals surface area contributed by atoms with Gasteiger partial charge in [-0.2, -0.15) is 0 Å². The number of amides is 2. The fraction of sp³-hybridized carbons (Fsp3) is 0.636. The molecule has 1 N–H and O–H groups in total. The lowest BCUT2D eigenvalue weighted by Gasteiger charge is -2.35. The lowest BCUT2D eigenvalue weighted by Crippen LogP contribution is -2.55. The second-order valence-electron chi connectivity index (χ2n) is 8.08. The second-order valence-corrected chi connectivity index (χ2v) is 8.08. The van der Waals surface area contributed by atoms with Gasteiger partial charge in [-0.3, -0.25) is 15.0 Å². The Morgan fingerprint density at radius 1 is 1.00 bits per heavy atom. The zero-order valence-electron chi connectivity index (χ0n) is 17.3. The van der Waals surface area contributed by atoms with Gasteiger partial charge in [-0.15, -0.1) is 0 Å². The van der Waals surface area contributed by atoms with Crippen LogP contribution in [0.25, 0.3) is 0 Å². The first-order chi connectivity index (χ1) is 12.8. The van der Waals surface area contributed by atoms with Crippen LogP contribution in [0.1, 0.15) is 95.8 Å². The van der Waals surface area contributed by atoms with E-state index in [0.717, 1.165) is 19.3 Å². The van der Waals surface area contributed by atoms with Gasteiger partial charge in [0.05, 0.1) is 5.54 Å². The number of nitrogens with one attached hydrogen (secondary N) is 1. The van der Waals surface area contributed by atoms with Crippen molar-refractivity contribution < 1.29 is 14.0 Å². The van der Waals surface area contributed by atoms with Gasteiger partial charge >= 0.3 is 0 Å². The molecule has 2 amide bonds. The maximum atomic E-state index is 13.3. The molecule has 27 heavy (non-hydrogen) atoms. The van der Waals surface area contributed by atoms with Crippen molar-refractivity contribution in [3.8, 4) is 0 Å². The van der Waals surface area contributed by atoms with Crippen molar-refractivity contribution in [2.24, 2.45) is 0 Å². The number of hydrogen-bond acceptors (Lipinski definition) is 2. The van der Waals surface area contributed by atoms with Gasteiger partial charge in [0.1, 0.15) is 5.82 Å². The van der Waals surface area contributed by atoms with Crippen LogP contribution < -0.4 is 5.43 Å². The highest BCUT2D eigenvalue weighted by molar-refractivity contribution is 5.95. The number of hydrogen-bond donors (Lipinski definition) is 1. The number of hydrazine groups is 1. The van der Waals surface area contributed by atoms with Crippen molar-refractivity contribution in [1.29, 1.82) is 0 Å². The summed E-state index contributed by atoms with van der Waals surface area (Å²) in [6.45, 7) is 7.80. The van der Waals surface area contributed by atoms with Crippen molar-refractivity contribution in [3.63, 3.8) is 0 Å². The molecule has 1 rings (SSSR count). The highest BCUT2D eigenvalue weighted by atomic mass is 19.1. The maximum Gasteiger partial charge on any atom is 0.269 e. The Bertz CT molecular complexity index is 596. The summed E-state index contributed by atoms with van der Waals surface area (Å²) in [5.41, 5.74) is 2.30. The maximum absolute atomic E-state index is 13.3. The fourth-order valence-electron chi connectivity index (χ4n) is 2.92. The van der Waals surface area contributed by atoms with E-state index in [1.807, 2.05) is 20.8 Å². The number of carbonyl (C=O) groups excluding carboxylic acids is 2. The molecule has 0 aliphatic heterocycles. The van der Waals surface area contributed by atoms with E-state index in [1.165, 1.54) is 61.4 Å². The van der Waals surface area contributed by atoms with Crippen LogP contribution in [0.5, 0.6) is 0 Å². The number of halogens is 1. The lowest BCUT2D eigenvalue weighted by atomic mass is 10.1. The minimum absolute atomic E-state index is 0.113. The molecule has 0 spiro atoms. The molecule has 0 heterocycles. The van der Waals surface area contributed by atoms with E-state index in [-0.39, 0.29) is 11.5 Å². The molecular formula is C22H35FN2O2. The zero-order chi connectivity index (χ0) is 20.3. The highest BCUT2D eigenvalue weighted by Crippen LogP contribution is 2.16. The molecule has 4 nitrogen and oxygen atoms in total. The van der Waals surface area contributed by atoms with E-state index in [2.05, 4.69) is 12.3 Å². The minimum atomic E-state index is -0.555. The molecule has 1 aromatic rings. The first-order valence-electron chi connectivity index (χ1n) is 10.2. The van der Waals surface area contributed by atoms with Gasteiger partial charge in [-0.25, -0.2) is 9.40 Å². The molecule has 152 valence electrons. The van der Waals surface area contributed by atoms with Crippen LogP contribution in [0.15, 0.2) is 24.3 Å². The smallest absolute Gasteiger partial charge is 0.269 e. The normalized spacial score (nSPS) is 11.3. The Hall–Kier alpha value is -1.91. The van der Waals surface area contributed by atoms with Crippen LogP contribution in [-0.4, -0.2) is 22.4 Å². The number of carbonyl (C=O) groups is 2. The Morgan fingerprint density at radius 2 is 1.59 bits per heavy atom. The van der Waals surface area contributed by atoms with Crippen LogP contribution in [0, 0.1) is 5.82 Å². The monoisotopic (exact) mass is 378 g/mol. The largest absolute Gasteiger partial charge is 0.273 e. The van der Waals surface area contributed by atoms with Crippen molar-refractivity contribution in [1.82, 2.24) is 10.4 Å². The van der Waals surface area contributed by atoms with Crippen LogP contribution in [0.3, 0.4) is 0 Å². The van der Waals surface area contributed by atoms with Gasteiger partial charge in [-0.05, 0) is 45.4 Å². The molecule has 0 saturated carbocycles. The Balaban J connectivity index is 2.49. The van der Waals surface area contributed by atoms with Crippen molar-refractivity contribution in [3.05, 3.63) is 35.6 Å². The number of unbranched alkanes of at least 4 members (excludes halogenated alkanes) is 7. The molecule has 5 heteroatoms. The lowest BCUT2D eigenvalue weighted by molar-refractivity contribution is -0.139. The summed E-state index contributed by atoms with van der Waals surface area (Å²) < 4.78 is 13.3. The molecule has 0 aliphatic carbocycles. The predicted octanol–water partition coefficient (Wildman–Crippen LogP) is 5.63. The number of benzene rings is 1. The molecule has 0 unspecified atom stereocenters. The molecule has 1 aromatic carbocycles. The SMILES string of the molecule is CCCCCCCCCCC(=O)N(NC(=O)c1cccc(F)c1)C(C)(C)C. The molecular weight excluding hydrogens is 343 g/mol. The van der Waals surface area contributed by atoms with E-state index in [4.69, 9.17) is 0 Å². The third-order valence-corrected chi connectivity index (χ3v) is 4.46. The summed E-state index contributed by atoms with van der Waals surface area (Å²) in [5.74, 6) is -1.07. The van der Waals surface area contributed by atoms with E-state index >= 15 is 0 Å². The van der Waals surface area contributed by atoms with Crippen molar-refractivity contribution in [2.45, 2.75) is 91.0 Å².